The number of urea groups is 1. The largest absolute Gasteiger partial charge is 0.368 e. The quantitative estimate of drug-likeness (QED) is 0.404. The highest BCUT2D eigenvalue weighted by Crippen LogP contribution is 2.25. The smallest absolute Gasteiger partial charge is 0.321 e. The van der Waals surface area contributed by atoms with Crippen molar-refractivity contribution in [3.05, 3.63) is 90.0 Å². The lowest BCUT2D eigenvalue weighted by molar-refractivity contribution is -0.116. The molecule has 1 aliphatic rings. The molecular formula is C30H36N4O2. The van der Waals surface area contributed by atoms with Gasteiger partial charge in [0.15, 0.2) is 0 Å². The Hall–Kier alpha value is -3.80. The third kappa shape index (κ3) is 6.87. The van der Waals surface area contributed by atoms with Crippen LogP contribution in [0.25, 0.3) is 0 Å². The number of aryl methyl sites for hydroxylation is 1. The third-order valence-corrected chi connectivity index (χ3v) is 6.62. The molecule has 1 saturated heterocycles. The van der Waals surface area contributed by atoms with Crippen LogP contribution >= 0.6 is 0 Å². The maximum atomic E-state index is 12.8. The zero-order valence-corrected chi connectivity index (χ0v) is 21.2. The standard InChI is InChI=1S/C30H36N4O2/c1-23(2)27-12-6-7-13-28(27)32-30(36)34-21-19-33(20-22-34)26-17-15-25(16-18-26)31-29(35)14-8-11-24-9-4-3-5-10-24/h3-7,9-10,12-13,15-18,23H,8,11,14,19-22H2,1-2H3,(H,31,35)(H,32,36). The average Bonchev–Trinajstić information content (AvgIpc) is 2.90. The van der Waals surface area contributed by atoms with Gasteiger partial charge in [0.05, 0.1) is 0 Å². The molecule has 0 atom stereocenters. The predicted molar refractivity (Wildman–Crippen MR) is 148 cm³/mol. The first-order valence-corrected chi connectivity index (χ1v) is 12.8. The SMILES string of the molecule is CC(C)c1ccccc1NC(=O)N1CCN(c2ccc(NC(=O)CCCc3ccccc3)cc2)CC1. The maximum absolute atomic E-state index is 12.8. The summed E-state index contributed by atoms with van der Waals surface area (Å²) < 4.78 is 0. The summed E-state index contributed by atoms with van der Waals surface area (Å²) in [5.74, 6) is 0.387. The van der Waals surface area contributed by atoms with E-state index < -0.39 is 0 Å². The Balaban J connectivity index is 1.22. The fourth-order valence-corrected chi connectivity index (χ4v) is 4.55. The minimum atomic E-state index is -0.0481. The second-order valence-electron chi connectivity index (χ2n) is 9.58. The van der Waals surface area contributed by atoms with Gasteiger partial charge in [0.2, 0.25) is 5.91 Å². The second-order valence-corrected chi connectivity index (χ2v) is 9.58. The van der Waals surface area contributed by atoms with Crippen molar-refractivity contribution in [2.75, 3.05) is 41.7 Å². The minimum Gasteiger partial charge on any atom is -0.368 e. The fraction of sp³-hybridized carbons (Fsp3) is 0.333. The van der Waals surface area contributed by atoms with Crippen LogP contribution < -0.4 is 15.5 Å². The van der Waals surface area contributed by atoms with Gasteiger partial charge in [-0.05, 0) is 60.2 Å². The van der Waals surface area contributed by atoms with Crippen LogP contribution in [0.1, 0.15) is 43.7 Å². The van der Waals surface area contributed by atoms with Crippen LogP contribution in [-0.2, 0) is 11.2 Å². The third-order valence-electron chi connectivity index (χ3n) is 6.62. The molecule has 0 saturated carbocycles. The first-order valence-electron chi connectivity index (χ1n) is 12.8. The second kappa shape index (κ2) is 12.2. The van der Waals surface area contributed by atoms with Gasteiger partial charge >= 0.3 is 6.03 Å². The molecule has 2 N–H and O–H groups in total. The van der Waals surface area contributed by atoms with Crippen LogP contribution in [-0.4, -0.2) is 43.0 Å². The number of nitrogens with zero attached hydrogens (tertiary/aromatic N) is 2. The monoisotopic (exact) mass is 484 g/mol. The van der Waals surface area contributed by atoms with Crippen LogP contribution in [0.4, 0.5) is 21.9 Å². The van der Waals surface area contributed by atoms with Crippen LogP contribution in [0.15, 0.2) is 78.9 Å². The molecule has 0 aromatic heterocycles. The summed E-state index contributed by atoms with van der Waals surface area (Å²) in [6.07, 6.45) is 2.23. The summed E-state index contributed by atoms with van der Waals surface area (Å²) in [4.78, 5) is 29.3. The van der Waals surface area contributed by atoms with Crippen molar-refractivity contribution >= 4 is 29.0 Å². The van der Waals surface area contributed by atoms with Crippen molar-refractivity contribution in [1.82, 2.24) is 4.90 Å². The van der Waals surface area contributed by atoms with Gasteiger partial charge in [-0.1, -0.05) is 62.4 Å². The van der Waals surface area contributed by atoms with Crippen molar-refractivity contribution < 1.29 is 9.59 Å². The molecule has 1 heterocycles. The van der Waals surface area contributed by atoms with E-state index in [9.17, 15) is 9.59 Å². The van der Waals surface area contributed by atoms with Gasteiger partial charge in [0, 0.05) is 49.7 Å². The lowest BCUT2D eigenvalue weighted by Gasteiger charge is -2.36. The Labute approximate surface area is 214 Å². The van der Waals surface area contributed by atoms with Crippen LogP contribution in [0, 0.1) is 0 Å². The van der Waals surface area contributed by atoms with E-state index >= 15 is 0 Å². The molecule has 0 aliphatic carbocycles. The fourth-order valence-electron chi connectivity index (χ4n) is 4.55. The van der Waals surface area contributed by atoms with E-state index in [0.717, 1.165) is 48.6 Å². The molecule has 3 amide bonds. The van der Waals surface area contributed by atoms with E-state index in [0.29, 0.717) is 25.4 Å². The van der Waals surface area contributed by atoms with Crippen molar-refractivity contribution in [1.29, 1.82) is 0 Å². The highest BCUT2D eigenvalue weighted by molar-refractivity contribution is 5.91. The summed E-state index contributed by atoms with van der Waals surface area (Å²) in [5, 5.41) is 6.09. The van der Waals surface area contributed by atoms with Gasteiger partial charge in [-0.3, -0.25) is 4.79 Å². The Kier molecular flexibility index (Phi) is 8.61. The van der Waals surface area contributed by atoms with Gasteiger partial charge < -0.3 is 20.4 Å². The zero-order valence-electron chi connectivity index (χ0n) is 21.2. The summed E-state index contributed by atoms with van der Waals surface area (Å²) >= 11 is 0. The molecule has 6 nitrogen and oxygen atoms in total. The lowest BCUT2D eigenvalue weighted by Crippen LogP contribution is -2.50. The van der Waals surface area contributed by atoms with E-state index in [4.69, 9.17) is 0 Å². The number of amides is 3. The Bertz CT molecular complexity index is 1140. The van der Waals surface area contributed by atoms with Crippen LogP contribution in [0.2, 0.25) is 0 Å². The number of carbonyl (C=O) groups excluding carboxylic acids is 2. The number of rotatable bonds is 8. The van der Waals surface area contributed by atoms with Crippen molar-refractivity contribution in [2.24, 2.45) is 0 Å². The van der Waals surface area contributed by atoms with Crippen molar-refractivity contribution in [3.63, 3.8) is 0 Å². The van der Waals surface area contributed by atoms with E-state index in [1.54, 1.807) is 0 Å². The molecule has 1 fully saturated rings. The number of carbonyl (C=O) groups is 2. The van der Waals surface area contributed by atoms with Gasteiger partial charge in [0.25, 0.3) is 0 Å². The molecule has 0 radical (unpaired) electrons. The molecule has 6 heteroatoms. The number of piperazine rings is 1. The number of benzene rings is 3. The molecule has 3 aromatic carbocycles. The summed E-state index contributed by atoms with van der Waals surface area (Å²) in [6.45, 7) is 7.12. The van der Waals surface area contributed by atoms with E-state index in [2.05, 4.69) is 47.6 Å². The summed E-state index contributed by atoms with van der Waals surface area (Å²) in [6, 6.07) is 26.2. The normalized spacial score (nSPS) is 13.5. The lowest BCUT2D eigenvalue weighted by atomic mass is 10.0. The van der Waals surface area contributed by atoms with Gasteiger partial charge in [-0.25, -0.2) is 4.79 Å². The number of para-hydroxylation sites is 1. The Morgan fingerprint density at radius 3 is 2.17 bits per heavy atom. The molecule has 36 heavy (non-hydrogen) atoms. The topological polar surface area (TPSA) is 64.7 Å². The molecule has 0 unspecified atom stereocenters. The molecule has 3 aromatic rings. The van der Waals surface area contributed by atoms with E-state index in [1.807, 2.05) is 65.6 Å². The van der Waals surface area contributed by atoms with Gasteiger partial charge in [-0.15, -0.1) is 0 Å². The number of anilines is 3. The van der Waals surface area contributed by atoms with Crippen LogP contribution in [0.3, 0.4) is 0 Å². The summed E-state index contributed by atoms with van der Waals surface area (Å²) in [5.41, 5.74) is 5.20. The van der Waals surface area contributed by atoms with Crippen LogP contribution in [0.5, 0.6) is 0 Å². The number of hydrogen-bond donors (Lipinski definition) is 2. The Morgan fingerprint density at radius 2 is 1.47 bits per heavy atom. The predicted octanol–water partition coefficient (Wildman–Crippen LogP) is 6.13. The molecule has 0 bridgehead atoms. The molecule has 0 spiro atoms. The highest BCUT2D eigenvalue weighted by atomic mass is 16.2. The first-order chi connectivity index (χ1) is 17.5. The number of nitrogens with one attached hydrogen (secondary N) is 2. The number of hydrogen-bond acceptors (Lipinski definition) is 3. The molecule has 1 aliphatic heterocycles. The zero-order chi connectivity index (χ0) is 25.3. The molecule has 4 rings (SSSR count). The van der Waals surface area contributed by atoms with E-state index in [-0.39, 0.29) is 11.9 Å². The van der Waals surface area contributed by atoms with Crippen molar-refractivity contribution in [2.45, 2.75) is 39.0 Å². The highest BCUT2D eigenvalue weighted by Gasteiger charge is 2.22. The Morgan fingerprint density at radius 1 is 0.806 bits per heavy atom. The van der Waals surface area contributed by atoms with Gasteiger partial charge in [-0.2, -0.15) is 0 Å². The first kappa shape index (κ1) is 25.3. The van der Waals surface area contributed by atoms with E-state index in [1.165, 1.54) is 5.56 Å². The maximum Gasteiger partial charge on any atom is 0.321 e. The molecular weight excluding hydrogens is 448 g/mol. The average molecular weight is 485 g/mol. The summed E-state index contributed by atoms with van der Waals surface area (Å²) in [7, 11) is 0. The minimum absolute atomic E-state index is 0.0392. The van der Waals surface area contributed by atoms with Gasteiger partial charge in [0.1, 0.15) is 0 Å². The van der Waals surface area contributed by atoms with Crippen molar-refractivity contribution in [3.8, 4) is 0 Å². The molecule has 188 valence electrons.